The van der Waals surface area contributed by atoms with E-state index in [0.717, 1.165) is 6.08 Å². The van der Waals surface area contributed by atoms with E-state index in [1.807, 2.05) is 0 Å². The van der Waals surface area contributed by atoms with Gasteiger partial charge in [0.25, 0.3) is 10.1 Å². The number of carbonyl (C=O) groups is 1. The van der Waals surface area contributed by atoms with E-state index in [0.29, 0.717) is 0 Å². The minimum atomic E-state index is -4.21. The Morgan fingerprint density at radius 2 is 2.09 bits per heavy atom. The van der Waals surface area contributed by atoms with Crippen molar-refractivity contribution in [3.8, 4) is 0 Å². The van der Waals surface area contributed by atoms with Crippen LogP contribution in [0.1, 0.15) is 6.42 Å². The number of rotatable bonds is 1. The van der Waals surface area contributed by atoms with Crippen LogP contribution in [0.5, 0.6) is 0 Å². The van der Waals surface area contributed by atoms with Crippen LogP contribution in [0, 0.1) is 0 Å². The topological polar surface area (TPSA) is 71.4 Å². The molecule has 0 amide bonds. The highest BCUT2D eigenvalue weighted by Crippen LogP contribution is 2.11. The second-order valence-corrected chi connectivity index (χ2v) is 3.52. The third kappa shape index (κ3) is 1.99. The molecule has 0 radical (unpaired) electrons. The van der Waals surface area contributed by atoms with E-state index in [1.54, 1.807) is 0 Å². The van der Waals surface area contributed by atoms with Gasteiger partial charge in [0.15, 0.2) is 5.78 Å². The molecule has 60 valence electrons. The molecule has 0 aromatic rings. The van der Waals surface area contributed by atoms with Gasteiger partial charge in [0.1, 0.15) is 0 Å². The molecule has 1 rings (SSSR count). The van der Waals surface area contributed by atoms with Crippen molar-refractivity contribution >= 4 is 15.9 Å². The van der Waals surface area contributed by atoms with E-state index in [-0.39, 0.29) is 17.1 Å². The van der Waals surface area contributed by atoms with Crippen molar-refractivity contribution in [3.05, 3.63) is 23.1 Å². The highest BCUT2D eigenvalue weighted by molar-refractivity contribution is 7.90. The molecule has 4 nitrogen and oxygen atoms in total. The highest BCUT2D eigenvalue weighted by atomic mass is 32.2. The molecule has 0 bridgehead atoms. The Hall–Kier alpha value is -0.940. The van der Waals surface area contributed by atoms with E-state index in [2.05, 4.69) is 0 Å². The molecular weight excluding hydrogens is 168 g/mol. The smallest absolute Gasteiger partial charge is 0.294 e. The quantitative estimate of drug-likeness (QED) is 0.580. The SMILES string of the molecule is O=C1C=C(S(=O)(=O)O)C=CC1. The molecule has 0 saturated heterocycles. The number of ketones is 1. The maximum atomic E-state index is 10.6. The summed E-state index contributed by atoms with van der Waals surface area (Å²) in [5.74, 6) is -0.319. The van der Waals surface area contributed by atoms with E-state index < -0.39 is 10.1 Å². The number of hydrogen-bond donors (Lipinski definition) is 1. The predicted octanol–water partition coefficient (Wildman–Crippen LogP) is 0.287. The Labute approximate surface area is 64.0 Å². The monoisotopic (exact) mass is 174 g/mol. The minimum absolute atomic E-state index is 0.193. The van der Waals surface area contributed by atoms with Crippen LogP contribution in [0.25, 0.3) is 0 Å². The summed E-state index contributed by atoms with van der Waals surface area (Å²) < 4.78 is 29.3. The van der Waals surface area contributed by atoms with Crippen LogP contribution < -0.4 is 0 Å². The zero-order chi connectivity index (χ0) is 8.48. The molecule has 0 saturated carbocycles. The van der Waals surface area contributed by atoms with Gasteiger partial charge < -0.3 is 0 Å². The summed E-state index contributed by atoms with van der Waals surface area (Å²) in [4.78, 5) is 10.3. The average Bonchev–Trinajstić information content (AvgIpc) is 1.86. The second-order valence-electron chi connectivity index (χ2n) is 2.09. The fraction of sp³-hybridized carbons (Fsp3) is 0.167. The molecule has 0 atom stereocenters. The molecule has 0 aliphatic heterocycles. The summed E-state index contributed by atoms with van der Waals surface area (Å²) in [7, 11) is -4.21. The van der Waals surface area contributed by atoms with Crippen molar-refractivity contribution in [2.45, 2.75) is 6.42 Å². The maximum absolute atomic E-state index is 10.6. The van der Waals surface area contributed by atoms with Crippen LogP contribution in [0.3, 0.4) is 0 Å². The van der Waals surface area contributed by atoms with Crippen LogP contribution in [0.4, 0.5) is 0 Å². The standard InChI is InChI=1S/C6H6O4S/c7-5-2-1-3-6(4-5)11(8,9)10/h1,3-4H,2H2,(H,8,9,10). The lowest BCUT2D eigenvalue weighted by atomic mass is 10.2. The van der Waals surface area contributed by atoms with Gasteiger partial charge in [-0.3, -0.25) is 9.35 Å². The van der Waals surface area contributed by atoms with Gasteiger partial charge in [-0.15, -0.1) is 0 Å². The Bertz CT molecular complexity index is 334. The summed E-state index contributed by atoms with van der Waals surface area (Å²) in [6.45, 7) is 0. The van der Waals surface area contributed by atoms with Gasteiger partial charge in [0.05, 0.1) is 4.91 Å². The summed E-state index contributed by atoms with van der Waals surface area (Å²) in [6.07, 6.45) is 3.70. The average molecular weight is 174 g/mol. The fourth-order valence-electron chi connectivity index (χ4n) is 0.717. The summed E-state index contributed by atoms with van der Waals surface area (Å²) in [6, 6.07) is 0. The number of hydrogen-bond acceptors (Lipinski definition) is 3. The molecule has 0 aromatic heterocycles. The van der Waals surface area contributed by atoms with Crippen LogP contribution in [0.2, 0.25) is 0 Å². The molecule has 0 unspecified atom stereocenters. The lowest BCUT2D eigenvalue weighted by molar-refractivity contribution is -0.113. The Kier molecular flexibility index (Phi) is 1.92. The van der Waals surface area contributed by atoms with Gasteiger partial charge in [-0.2, -0.15) is 8.42 Å². The van der Waals surface area contributed by atoms with Gasteiger partial charge in [0, 0.05) is 12.5 Å². The first-order valence-corrected chi connectivity index (χ1v) is 4.33. The van der Waals surface area contributed by atoms with Crippen molar-refractivity contribution in [1.82, 2.24) is 0 Å². The number of carbonyl (C=O) groups excluding carboxylic acids is 1. The van der Waals surface area contributed by atoms with Gasteiger partial charge in [-0.25, -0.2) is 0 Å². The van der Waals surface area contributed by atoms with E-state index in [9.17, 15) is 13.2 Å². The molecule has 0 fully saturated rings. The van der Waals surface area contributed by atoms with Gasteiger partial charge in [-0.1, -0.05) is 6.08 Å². The van der Waals surface area contributed by atoms with E-state index in [1.165, 1.54) is 12.2 Å². The van der Waals surface area contributed by atoms with Crippen LogP contribution in [-0.4, -0.2) is 18.8 Å². The molecule has 0 spiro atoms. The van der Waals surface area contributed by atoms with Gasteiger partial charge >= 0.3 is 0 Å². The summed E-state index contributed by atoms with van der Waals surface area (Å²) in [5, 5.41) is 0. The van der Waals surface area contributed by atoms with Crippen molar-refractivity contribution in [3.63, 3.8) is 0 Å². The first-order valence-electron chi connectivity index (χ1n) is 2.89. The molecule has 0 aromatic carbocycles. The van der Waals surface area contributed by atoms with E-state index >= 15 is 0 Å². The zero-order valence-electron chi connectivity index (χ0n) is 5.52. The zero-order valence-corrected chi connectivity index (χ0v) is 6.34. The maximum Gasteiger partial charge on any atom is 0.294 e. The molecule has 1 aliphatic carbocycles. The Balaban J connectivity index is 3.08. The molecule has 5 heteroatoms. The normalized spacial score (nSPS) is 18.3. The third-order valence-corrected chi connectivity index (χ3v) is 2.05. The largest absolute Gasteiger partial charge is 0.294 e. The lowest BCUT2D eigenvalue weighted by Crippen LogP contribution is -2.05. The number of allylic oxidation sites excluding steroid dienone is 3. The Morgan fingerprint density at radius 3 is 2.45 bits per heavy atom. The minimum Gasteiger partial charge on any atom is -0.294 e. The van der Waals surface area contributed by atoms with E-state index in [4.69, 9.17) is 4.55 Å². The molecular formula is C6H6O4S. The molecule has 11 heavy (non-hydrogen) atoms. The van der Waals surface area contributed by atoms with Crippen LogP contribution >= 0.6 is 0 Å². The van der Waals surface area contributed by atoms with Crippen molar-refractivity contribution in [1.29, 1.82) is 0 Å². The fourth-order valence-corrected chi connectivity index (χ4v) is 1.27. The highest BCUT2D eigenvalue weighted by Gasteiger charge is 2.14. The molecule has 1 aliphatic rings. The first-order chi connectivity index (χ1) is 5.00. The molecule has 0 heterocycles. The third-order valence-electron chi connectivity index (χ3n) is 1.20. The van der Waals surface area contributed by atoms with Crippen molar-refractivity contribution in [2.24, 2.45) is 0 Å². The molecule has 1 N–H and O–H groups in total. The second kappa shape index (κ2) is 2.60. The van der Waals surface area contributed by atoms with Crippen molar-refractivity contribution < 1.29 is 17.8 Å². The predicted molar refractivity (Wildman–Crippen MR) is 38.4 cm³/mol. The Morgan fingerprint density at radius 1 is 1.45 bits per heavy atom. The summed E-state index contributed by atoms with van der Waals surface area (Å²) >= 11 is 0. The van der Waals surface area contributed by atoms with Gasteiger partial charge in [0.2, 0.25) is 0 Å². The van der Waals surface area contributed by atoms with Crippen molar-refractivity contribution in [2.75, 3.05) is 0 Å². The lowest BCUT2D eigenvalue weighted by Gasteiger charge is -2.00. The first kappa shape index (κ1) is 8.16. The van der Waals surface area contributed by atoms with Gasteiger partial charge in [-0.05, 0) is 6.08 Å². The summed E-state index contributed by atoms with van der Waals surface area (Å²) in [5.41, 5.74) is 0. The van der Waals surface area contributed by atoms with Crippen LogP contribution in [-0.2, 0) is 14.9 Å². The van der Waals surface area contributed by atoms with Crippen LogP contribution in [0.15, 0.2) is 23.1 Å².